The third-order valence-electron chi connectivity index (χ3n) is 10.3. The average molecular weight is 413 g/mol. The molecule has 4 saturated carbocycles. The van der Waals surface area contributed by atoms with Crippen molar-refractivity contribution in [3.05, 3.63) is 11.6 Å². The van der Waals surface area contributed by atoms with Crippen molar-refractivity contribution in [3.8, 4) is 0 Å². The predicted octanol–water partition coefficient (Wildman–Crippen LogP) is 4.90. The van der Waals surface area contributed by atoms with Gasteiger partial charge in [0, 0.05) is 24.7 Å². The Hall–Kier alpha value is -1.45. The van der Waals surface area contributed by atoms with Crippen LogP contribution in [0, 0.1) is 46.3 Å². The molecule has 0 N–H and O–H groups in total. The highest BCUT2D eigenvalue weighted by atomic mass is 16.5. The first-order valence-corrected chi connectivity index (χ1v) is 12.1. The zero-order valence-corrected chi connectivity index (χ0v) is 18.9. The van der Waals surface area contributed by atoms with Gasteiger partial charge in [0.05, 0.1) is 0 Å². The van der Waals surface area contributed by atoms with Crippen LogP contribution in [0.5, 0.6) is 0 Å². The van der Waals surface area contributed by atoms with Gasteiger partial charge in [-0.15, -0.1) is 0 Å². The Labute approximate surface area is 180 Å². The smallest absolute Gasteiger partial charge is 0.302 e. The summed E-state index contributed by atoms with van der Waals surface area (Å²) in [6, 6.07) is 0. The van der Waals surface area contributed by atoms with Crippen molar-refractivity contribution in [3.63, 3.8) is 0 Å². The molecule has 0 heterocycles. The summed E-state index contributed by atoms with van der Waals surface area (Å²) in [5.41, 5.74) is 0.882. The monoisotopic (exact) mass is 412 g/mol. The molecular formula is C26H36O4. The van der Waals surface area contributed by atoms with Crippen molar-refractivity contribution in [1.82, 2.24) is 0 Å². The van der Waals surface area contributed by atoms with E-state index in [0.29, 0.717) is 41.8 Å². The van der Waals surface area contributed by atoms with Crippen LogP contribution >= 0.6 is 0 Å². The van der Waals surface area contributed by atoms with Gasteiger partial charge in [0.15, 0.2) is 5.78 Å². The van der Waals surface area contributed by atoms with Crippen LogP contribution in [0.25, 0.3) is 0 Å². The van der Waals surface area contributed by atoms with E-state index in [2.05, 4.69) is 20.8 Å². The van der Waals surface area contributed by atoms with Gasteiger partial charge in [0.2, 0.25) is 0 Å². The highest BCUT2D eigenvalue weighted by molar-refractivity contribution is 6.00. The van der Waals surface area contributed by atoms with E-state index in [9.17, 15) is 14.4 Å². The van der Waals surface area contributed by atoms with Gasteiger partial charge >= 0.3 is 5.97 Å². The number of carbonyl (C=O) groups excluding carboxylic acids is 3. The normalized spacial score (nSPS) is 50.0. The maximum absolute atomic E-state index is 13.7. The molecule has 0 aromatic rings. The molecule has 0 spiro atoms. The summed E-state index contributed by atoms with van der Waals surface area (Å²) in [5.74, 6) is 2.50. The molecule has 5 aliphatic carbocycles. The molecule has 0 aliphatic heterocycles. The van der Waals surface area contributed by atoms with Gasteiger partial charge in [0.25, 0.3) is 0 Å². The quantitative estimate of drug-likeness (QED) is 0.575. The first-order valence-electron chi connectivity index (χ1n) is 12.1. The predicted molar refractivity (Wildman–Crippen MR) is 113 cm³/mol. The summed E-state index contributed by atoms with van der Waals surface area (Å²) < 4.78 is 5.56. The first kappa shape index (κ1) is 20.5. The second-order valence-corrected chi connectivity index (χ2v) is 11.6. The zero-order valence-electron chi connectivity index (χ0n) is 18.9. The van der Waals surface area contributed by atoms with Gasteiger partial charge in [-0.1, -0.05) is 19.4 Å². The summed E-state index contributed by atoms with van der Waals surface area (Å²) in [6.07, 6.45) is 9.76. The van der Waals surface area contributed by atoms with Crippen LogP contribution < -0.4 is 0 Å². The van der Waals surface area contributed by atoms with E-state index in [-0.39, 0.29) is 29.2 Å². The largest absolute Gasteiger partial charge is 0.463 e. The third-order valence-corrected chi connectivity index (χ3v) is 10.3. The van der Waals surface area contributed by atoms with Gasteiger partial charge in [0.1, 0.15) is 11.9 Å². The molecule has 164 valence electrons. The summed E-state index contributed by atoms with van der Waals surface area (Å²) >= 11 is 0. The van der Waals surface area contributed by atoms with Crippen LogP contribution in [0.1, 0.15) is 79.1 Å². The number of Topliss-reactive ketones (excluding diaryl/α,β-unsaturated/α-hetero) is 1. The number of rotatable bonds is 1. The molecule has 5 rings (SSSR count). The van der Waals surface area contributed by atoms with Gasteiger partial charge in [-0.2, -0.15) is 0 Å². The highest BCUT2D eigenvalue weighted by Gasteiger charge is 2.67. The van der Waals surface area contributed by atoms with Crippen molar-refractivity contribution in [2.75, 3.05) is 0 Å². The summed E-state index contributed by atoms with van der Waals surface area (Å²) in [5, 5.41) is 0. The number of ether oxygens (including phenoxy) is 1. The Morgan fingerprint density at radius 1 is 1.07 bits per heavy atom. The van der Waals surface area contributed by atoms with Crippen LogP contribution in [-0.2, 0) is 19.1 Å². The number of allylic oxidation sites excluding steroid dienone is 2. The standard InChI is InChI=1S/C26H36O4/c1-14-9-16-11-21-19-6-5-17-12-18(30-15(2)27)7-8-25(17,3)20(19)13-23(29)26(21,4)24(16)22(28)10-14/h10,16-21,24H,5-9,11-13H2,1-4H3/t16-,17+,18-,19+,20-,21-,24-,25+,26+/m1/s1. The number of ketones is 2. The minimum atomic E-state index is -0.460. The molecule has 0 saturated heterocycles. The van der Waals surface area contributed by atoms with Gasteiger partial charge < -0.3 is 4.74 Å². The molecule has 30 heavy (non-hydrogen) atoms. The molecule has 9 atom stereocenters. The van der Waals surface area contributed by atoms with Crippen LogP contribution in [-0.4, -0.2) is 23.6 Å². The van der Waals surface area contributed by atoms with E-state index in [1.54, 1.807) is 0 Å². The number of hydrogen-bond acceptors (Lipinski definition) is 4. The lowest BCUT2D eigenvalue weighted by molar-refractivity contribution is -0.167. The van der Waals surface area contributed by atoms with Gasteiger partial charge in [-0.05, 0) is 93.0 Å². The number of carbonyl (C=O) groups is 3. The van der Waals surface area contributed by atoms with Gasteiger partial charge in [-0.25, -0.2) is 0 Å². The Morgan fingerprint density at radius 3 is 2.57 bits per heavy atom. The third kappa shape index (κ3) is 2.74. The van der Waals surface area contributed by atoms with Crippen molar-refractivity contribution >= 4 is 17.5 Å². The minimum Gasteiger partial charge on any atom is -0.463 e. The molecule has 5 aliphatic rings. The Morgan fingerprint density at radius 2 is 1.83 bits per heavy atom. The fraction of sp³-hybridized carbons (Fsp3) is 0.808. The fourth-order valence-corrected chi connectivity index (χ4v) is 8.99. The highest BCUT2D eigenvalue weighted by Crippen LogP contribution is 2.68. The van der Waals surface area contributed by atoms with E-state index in [0.717, 1.165) is 44.9 Å². The molecule has 4 heteroatoms. The number of fused-ring (bicyclic) bond motifs is 7. The van der Waals surface area contributed by atoms with E-state index < -0.39 is 5.41 Å². The Kier molecular flexibility index (Phi) is 4.62. The number of esters is 1. The topological polar surface area (TPSA) is 60.4 Å². The summed E-state index contributed by atoms with van der Waals surface area (Å²) in [7, 11) is 0. The lowest BCUT2D eigenvalue weighted by Gasteiger charge is -2.60. The van der Waals surface area contributed by atoms with E-state index >= 15 is 0 Å². The molecule has 0 aromatic heterocycles. The maximum atomic E-state index is 13.7. The average Bonchev–Trinajstić information content (AvgIpc) is 2.96. The molecule has 4 nitrogen and oxygen atoms in total. The van der Waals surface area contributed by atoms with Crippen molar-refractivity contribution in [1.29, 1.82) is 0 Å². The second-order valence-electron chi connectivity index (χ2n) is 11.6. The summed E-state index contributed by atoms with van der Waals surface area (Å²) in [4.78, 5) is 38.2. The SMILES string of the molecule is CC(=O)O[C@@H]1CC[C@@]2(C)[C@@H](CC[C@H]3[C@H]2CC(=O)[C@]2(C)[C@@H]3C[C@H]3CC(C)=CC(=O)[C@@H]32)C1. The van der Waals surface area contributed by atoms with Crippen molar-refractivity contribution in [2.45, 2.75) is 85.2 Å². The molecular weight excluding hydrogens is 376 g/mol. The minimum absolute atomic E-state index is 0.0442. The molecule has 0 aromatic carbocycles. The van der Waals surface area contributed by atoms with Crippen LogP contribution in [0.2, 0.25) is 0 Å². The fourth-order valence-electron chi connectivity index (χ4n) is 8.99. The van der Waals surface area contributed by atoms with Crippen LogP contribution in [0.15, 0.2) is 11.6 Å². The van der Waals surface area contributed by atoms with Crippen molar-refractivity contribution < 1.29 is 19.1 Å². The lowest BCUT2D eigenvalue weighted by Crippen LogP contribution is -2.57. The van der Waals surface area contributed by atoms with Crippen molar-refractivity contribution in [2.24, 2.45) is 46.3 Å². The van der Waals surface area contributed by atoms with E-state index in [1.165, 1.54) is 12.5 Å². The molecule has 0 radical (unpaired) electrons. The summed E-state index contributed by atoms with van der Waals surface area (Å²) in [6.45, 7) is 8.12. The number of hydrogen-bond donors (Lipinski definition) is 0. The maximum Gasteiger partial charge on any atom is 0.302 e. The van der Waals surface area contributed by atoms with Gasteiger partial charge in [-0.3, -0.25) is 14.4 Å². The van der Waals surface area contributed by atoms with Crippen LogP contribution in [0.3, 0.4) is 0 Å². The van der Waals surface area contributed by atoms with E-state index in [4.69, 9.17) is 4.74 Å². The molecule has 0 bridgehead atoms. The molecule has 0 amide bonds. The van der Waals surface area contributed by atoms with Crippen LogP contribution in [0.4, 0.5) is 0 Å². The first-order chi connectivity index (χ1) is 14.1. The Bertz CT molecular complexity index is 827. The lowest BCUT2D eigenvalue weighted by atomic mass is 9.44. The Balaban J connectivity index is 1.43. The second kappa shape index (κ2) is 6.77. The molecule has 0 unspecified atom stereocenters. The zero-order chi connectivity index (χ0) is 21.4. The van der Waals surface area contributed by atoms with E-state index in [1.807, 2.05) is 6.08 Å². The molecule has 4 fully saturated rings.